The smallest absolute Gasteiger partial charge is 0.231 e. The van der Waals surface area contributed by atoms with Crippen molar-refractivity contribution in [3.8, 4) is 11.5 Å². The molecule has 1 aliphatic carbocycles. The van der Waals surface area contributed by atoms with Gasteiger partial charge in [-0.05, 0) is 75.3 Å². The third-order valence-corrected chi connectivity index (χ3v) is 5.56. The Morgan fingerprint density at radius 3 is 2.74 bits per heavy atom. The van der Waals surface area contributed by atoms with Crippen molar-refractivity contribution in [1.82, 2.24) is 0 Å². The van der Waals surface area contributed by atoms with Crippen LogP contribution in [-0.4, -0.2) is 6.79 Å². The van der Waals surface area contributed by atoms with Gasteiger partial charge in [-0.1, -0.05) is 31.6 Å². The fourth-order valence-electron chi connectivity index (χ4n) is 4.25. The minimum Gasteiger partial charge on any atom is -0.453 e. The Labute approximate surface area is 140 Å². The largest absolute Gasteiger partial charge is 0.453 e. The Morgan fingerprint density at radius 2 is 2.00 bits per heavy atom. The van der Waals surface area contributed by atoms with E-state index in [1.54, 1.807) is 0 Å². The molecule has 0 N–H and O–H groups in total. The van der Waals surface area contributed by atoms with Gasteiger partial charge in [0.25, 0.3) is 0 Å². The molecule has 3 unspecified atom stereocenters. The summed E-state index contributed by atoms with van der Waals surface area (Å²) in [5, 5.41) is 0. The molecule has 1 aromatic rings. The molecule has 0 spiro atoms. The zero-order valence-electron chi connectivity index (χ0n) is 15.2. The summed E-state index contributed by atoms with van der Waals surface area (Å²) in [4.78, 5) is 0. The summed E-state index contributed by atoms with van der Waals surface area (Å²) in [6, 6.07) is 2.38. The van der Waals surface area contributed by atoms with E-state index < -0.39 is 0 Å². The average Bonchev–Trinajstić information content (AvgIpc) is 2.97. The van der Waals surface area contributed by atoms with E-state index in [0.29, 0.717) is 24.5 Å². The second-order valence-corrected chi connectivity index (χ2v) is 7.68. The third kappa shape index (κ3) is 3.13. The normalized spacial score (nSPS) is 23.3. The molecule has 3 rings (SSSR count). The fourth-order valence-corrected chi connectivity index (χ4v) is 4.25. The second-order valence-electron chi connectivity index (χ2n) is 7.68. The third-order valence-electron chi connectivity index (χ3n) is 5.56. The van der Waals surface area contributed by atoms with Gasteiger partial charge in [0.2, 0.25) is 6.79 Å². The van der Waals surface area contributed by atoms with Gasteiger partial charge in [0.05, 0.1) is 0 Å². The summed E-state index contributed by atoms with van der Waals surface area (Å²) >= 11 is 0. The first-order chi connectivity index (χ1) is 11.0. The van der Waals surface area contributed by atoms with Gasteiger partial charge in [0.1, 0.15) is 0 Å². The minimum absolute atomic E-state index is 0.375. The average molecular weight is 314 g/mol. The molecule has 2 aliphatic rings. The standard InChI is InChI=1S/C21H30O2/c1-13(2)7-6-8-14(3)17-10-9-15(4)19-18(17)11-16(5)20-21(19)23-12-22-20/h7,11,14-15,17H,6,8-10,12H2,1-5H3. The monoisotopic (exact) mass is 314 g/mol. The number of fused-ring (bicyclic) bond motifs is 3. The van der Waals surface area contributed by atoms with E-state index >= 15 is 0 Å². The first-order valence-electron chi connectivity index (χ1n) is 9.05. The molecule has 0 fully saturated rings. The summed E-state index contributed by atoms with van der Waals surface area (Å²) in [6.07, 6.45) is 7.37. The fraction of sp³-hybridized carbons (Fsp3) is 0.619. The van der Waals surface area contributed by atoms with E-state index in [0.717, 1.165) is 11.5 Å². The van der Waals surface area contributed by atoms with Crippen molar-refractivity contribution in [3.63, 3.8) is 0 Å². The van der Waals surface area contributed by atoms with Gasteiger partial charge in [-0.15, -0.1) is 0 Å². The van der Waals surface area contributed by atoms with E-state index in [9.17, 15) is 0 Å². The van der Waals surface area contributed by atoms with Crippen molar-refractivity contribution in [1.29, 1.82) is 0 Å². The van der Waals surface area contributed by atoms with E-state index in [1.165, 1.54) is 47.9 Å². The number of rotatable bonds is 4. The van der Waals surface area contributed by atoms with Gasteiger partial charge in [-0.2, -0.15) is 0 Å². The molecule has 0 aromatic heterocycles. The van der Waals surface area contributed by atoms with Crippen LogP contribution in [0, 0.1) is 12.8 Å². The van der Waals surface area contributed by atoms with Crippen molar-refractivity contribution in [2.24, 2.45) is 5.92 Å². The first-order valence-corrected chi connectivity index (χ1v) is 9.05. The molecule has 0 radical (unpaired) electrons. The Balaban J connectivity index is 1.90. The topological polar surface area (TPSA) is 18.5 Å². The maximum Gasteiger partial charge on any atom is 0.231 e. The van der Waals surface area contributed by atoms with Gasteiger partial charge in [-0.3, -0.25) is 0 Å². The predicted molar refractivity (Wildman–Crippen MR) is 95.5 cm³/mol. The summed E-state index contributed by atoms with van der Waals surface area (Å²) in [7, 11) is 0. The molecule has 0 saturated heterocycles. The minimum atomic E-state index is 0.375. The quantitative estimate of drug-likeness (QED) is 0.626. The summed E-state index contributed by atoms with van der Waals surface area (Å²) in [5.74, 6) is 3.95. The number of hydrogen-bond donors (Lipinski definition) is 0. The lowest BCUT2D eigenvalue weighted by Gasteiger charge is -2.34. The maximum atomic E-state index is 5.86. The van der Waals surface area contributed by atoms with Gasteiger partial charge in [0, 0.05) is 5.56 Å². The van der Waals surface area contributed by atoms with Crippen LogP contribution in [-0.2, 0) is 0 Å². The number of hydrogen-bond acceptors (Lipinski definition) is 2. The summed E-state index contributed by atoms with van der Waals surface area (Å²) in [5.41, 5.74) is 5.60. The van der Waals surface area contributed by atoms with E-state index in [4.69, 9.17) is 9.47 Å². The molecule has 0 bridgehead atoms. The molecule has 0 amide bonds. The molecule has 126 valence electrons. The van der Waals surface area contributed by atoms with Crippen molar-refractivity contribution >= 4 is 0 Å². The van der Waals surface area contributed by atoms with Crippen molar-refractivity contribution in [3.05, 3.63) is 34.4 Å². The van der Waals surface area contributed by atoms with E-state index in [-0.39, 0.29) is 0 Å². The molecule has 2 heteroatoms. The van der Waals surface area contributed by atoms with Gasteiger partial charge >= 0.3 is 0 Å². The molecule has 1 heterocycles. The van der Waals surface area contributed by atoms with Gasteiger partial charge in [0.15, 0.2) is 11.5 Å². The van der Waals surface area contributed by atoms with E-state index in [2.05, 4.69) is 46.8 Å². The number of allylic oxidation sites excluding steroid dienone is 2. The number of ether oxygens (including phenoxy) is 2. The summed E-state index contributed by atoms with van der Waals surface area (Å²) < 4.78 is 11.6. The van der Waals surface area contributed by atoms with Crippen molar-refractivity contribution < 1.29 is 9.47 Å². The van der Waals surface area contributed by atoms with Crippen LogP contribution in [0.4, 0.5) is 0 Å². The highest BCUT2D eigenvalue weighted by Crippen LogP contribution is 2.52. The van der Waals surface area contributed by atoms with Crippen molar-refractivity contribution in [2.45, 2.75) is 72.1 Å². The van der Waals surface area contributed by atoms with Crippen LogP contribution in [0.15, 0.2) is 17.7 Å². The molecular weight excluding hydrogens is 284 g/mol. The Morgan fingerprint density at radius 1 is 1.26 bits per heavy atom. The molecule has 2 nitrogen and oxygen atoms in total. The lowest BCUT2D eigenvalue weighted by atomic mass is 9.70. The maximum absolute atomic E-state index is 5.86. The predicted octanol–water partition coefficient (Wildman–Crippen LogP) is 6.09. The molecule has 3 atom stereocenters. The summed E-state index contributed by atoms with van der Waals surface area (Å²) in [6.45, 7) is 11.7. The Kier molecular flexibility index (Phi) is 4.70. The van der Waals surface area contributed by atoms with Crippen LogP contribution in [0.5, 0.6) is 11.5 Å². The van der Waals surface area contributed by atoms with Crippen LogP contribution in [0.1, 0.15) is 81.9 Å². The highest BCUT2D eigenvalue weighted by molar-refractivity contribution is 5.59. The van der Waals surface area contributed by atoms with Crippen LogP contribution >= 0.6 is 0 Å². The van der Waals surface area contributed by atoms with Crippen LogP contribution in [0.25, 0.3) is 0 Å². The lowest BCUT2D eigenvalue weighted by Crippen LogP contribution is -2.19. The zero-order chi connectivity index (χ0) is 16.6. The van der Waals surface area contributed by atoms with Gasteiger partial charge in [-0.25, -0.2) is 0 Å². The lowest BCUT2D eigenvalue weighted by molar-refractivity contribution is 0.172. The molecule has 1 aliphatic heterocycles. The second kappa shape index (κ2) is 6.59. The number of benzene rings is 1. The Bertz CT molecular complexity index is 611. The number of aryl methyl sites for hydroxylation is 1. The molecule has 0 saturated carbocycles. The SMILES string of the molecule is CC(C)=CCCC(C)C1CCC(C)c2c1cc(C)c1c2OCO1. The van der Waals surface area contributed by atoms with Crippen molar-refractivity contribution in [2.75, 3.05) is 6.79 Å². The molecule has 23 heavy (non-hydrogen) atoms. The highest BCUT2D eigenvalue weighted by Gasteiger charge is 2.34. The van der Waals surface area contributed by atoms with Crippen LogP contribution < -0.4 is 9.47 Å². The van der Waals surface area contributed by atoms with Crippen LogP contribution in [0.2, 0.25) is 0 Å². The molecule has 1 aromatic carbocycles. The molecular formula is C21H30O2. The van der Waals surface area contributed by atoms with Gasteiger partial charge < -0.3 is 9.47 Å². The van der Waals surface area contributed by atoms with E-state index in [1.807, 2.05) is 0 Å². The Hall–Kier alpha value is -1.44. The zero-order valence-corrected chi connectivity index (χ0v) is 15.2. The highest BCUT2D eigenvalue weighted by atomic mass is 16.7. The first kappa shape index (κ1) is 16.4. The van der Waals surface area contributed by atoms with Crippen LogP contribution in [0.3, 0.4) is 0 Å².